The fraction of sp³-hybridized carbons (Fsp3) is 0.435. The number of anilines is 1. The van der Waals surface area contributed by atoms with Crippen LogP contribution in [-0.2, 0) is 20.2 Å². The zero-order valence-corrected chi connectivity index (χ0v) is 17.8. The van der Waals surface area contributed by atoms with Gasteiger partial charge in [-0.3, -0.25) is 9.52 Å². The van der Waals surface area contributed by atoms with Crippen molar-refractivity contribution in [1.82, 2.24) is 5.32 Å². The van der Waals surface area contributed by atoms with Crippen molar-refractivity contribution in [2.24, 2.45) is 5.92 Å². The molecule has 2 N–H and O–H groups in total. The van der Waals surface area contributed by atoms with Crippen LogP contribution in [-0.4, -0.2) is 20.4 Å². The minimum Gasteiger partial charge on any atom is -0.353 e. The number of amides is 1. The van der Waals surface area contributed by atoms with Crippen LogP contribution in [0.25, 0.3) is 0 Å². The minimum absolute atomic E-state index is 0.0711. The molecule has 2 aliphatic carbocycles. The average molecular weight is 431 g/mol. The molecule has 0 radical (unpaired) electrons. The highest BCUT2D eigenvalue weighted by molar-refractivity contribution is 7.92. The van der Waals surface area contributed by atoms with E-state index in [1.165, 1.54) is 18.2 Å². The molecule has 4 rings (SSSR count). The van der Waals surface area contributed by atoms with Crippen molar-refractivity contribution in [3.8, 4) is 0 Å². The predicted octanol–water partition coefficient (Wildman–Crippen LogP) is 4.35. The molecule has 2 saturated carbocycles. The summed E-state index contributed by atoms with van der Waals surface area (Å²) >= 11 is 0. The van der Waals surface area contributed by atoms with Crippen molar-refractivity contribution in [1.29, 1.82) is 0 Å². The van der Waals surface area contributed by atoms with Crippen LogP contribution in [0.1, 0.15) is 51.0 Å². The molecule has 0 spiro atoms. The quantitative estimate of drug-likeness (QED) is 0.715. The topological polar surface area (TPSA) is 75.3 Å². The van der Waals surface area contributed by atoms with E-state index in [0.29, 0.717) is 5.69 Å². The summed E-state index contributed by atoms with van der Waals surface area (Å²) in [6.07, 6.45) is 5.94. The molecule has 160 valence electrons. The first-order valence-corrected chi connectivity index (χ1v) is 12.0. The second kappa shape index (κ2) is 8.02. The first-order chi connectivity index (χ1) is 14.3. The van der Waals surface area contributed by atoms with Crippen molar-refractivity contribution < 1.29 is 17.6 Å². The first kappa shape index (κ1) is 20.8. The van der Waals surface area contributed by atoms with Crippen molar-refractivity contribution in [2.45, 2.75) is 61.8 Å². The van der Waals surface area contributed by atoms with Crippen molar-refractivity contribution in [3.63, 3.8) is 0 Å². The SMILES string of the molecule is CC1CCC(NC(=O)C2(c3ccc(NS(=O)(=O)c4ccccc4F)cc3)CC2)CC1. The summed E-state index contributed by atoms with van der Waals surface area (Å²) in [5.74, 6) is 0.00259. The lowest BCUT2D eigenvalue weighted by molar-refractivity contribution is -0.124. The molecular formula is C23H27FN2O3S. The van der Waals surface area contributed by atoms with Crippen LogP contribution >= 0.6 is 0 Å². The summed E-state index contributed by atoms with van der Waals surface area (Å²) in [5, 5.41) is 3.23. The number of benzene rings is 2. The molecule has 0 atom stereocenters. The number of hydrogen-bond acceptors (Lipinski definition) is 3. The molecule has 7 heteroatoms. The van der Waals surface area contributed by atoms with Crippen LogP contribution < -0.4 is 10.0 Å². The van der Waals surface area contributed by atoms with Crippen LogP contribution in [0, 0.1) is 11.7 Å². The van der Waals surface area contributed by atoms with Gasteiger partial charge in [0.25, 0.3) is 10.0 Å². The molecule has 0 aliphatic heterocycles. The predicted molar refractivity (Wildman–Crippen MR) is 114 cm³/mol. The van der Waals surface area contributed by atoms with Crippen molar-refractivity contribution in [3.05, 3.63) is 59.9 Å². The van der Waals surface area contributed by atoms with Gasteiger partial charge in [0.2, 0.25) is 5.91 Å². The molecule has 5 nitrogen and oxygen atoms in total. The second-order valence-electron chi connectivity index (χ2n) is 8.63. The maximum atomic E-state index is 13.9. The molecule has 0 unspecified atom stereocenters. The number of hydrogen-bond donors (Lipinski definition) is 2. The molecule has 30 heavy (non-hydrogen) atoms. The average Bonchev–Trinajstić information content (AvgIpc) is 3.52. The third kappa shape index (κ3) is 4.21. The fourth-order valence-corrected chi connectivity index (χ4v) is 5.37. The summed E-state index contributed by atoms with van der Waals surface area (Å²) < 4.78 is 41.2. The monoisotopic (exact) mass is 430 g/mol. The van der Waals surface area contributed by atoms with Crippen LogP contribution in [0.2, 0.25) is 0 Å². The Morgan fingerprint density at radius 1 is 1.00 bits per heavy atom. The molecule has 2 aromatic rings. The number of halogens is 1. The van der Waals surface area contributed by atoms with Gasteiger partial charge >= 0.3 is 0 Å². The smallest absolute Gasteiger partial charge is 0.264 e. The van der Waals surface area contributed by atoms with Crippen LogP contribution in [0.15, 0.2) is 53.4 Å². The zero-order chi connectivity index (χ0) is 21.4. The Balaban J connectivity index is 1.44. The van der Waals surface area contributed by atoms with Gasteiger partial charge in [0.1, 0.15) is 10.7 Å². The van der Waals surface area contributed by atoms with Gasteiger partial charge in [0.15, 0.2) is 0 Å². The Bertz CT molecular complexity index is 1020. The van der Waals surface area contributed by atoms with E-state index in [1.807, 2.05) is 0 Å². The summed E-state index contributed by atoms with van der Waals surface area (Å²) in [5.41, 5.74) is 0.712. The number of sulfonamides is 1. The van der Waals surface area contributed by atoms with Gasteiger partial charge in [-0.25, -0.2) is 12.8 Å². The molecular weight excluding hydrogens is 403 g/mol. The van der Waals surface area contributed by atoms with Gasteiger partial charge in [-0.1, -0.05) is 31.2 Å². The third-order valence-electron chi connectivity index (χ3n) is 6.35. The van der Waals surface area contributed by atoms with E-state index in [2.05, 4.69) is 17.0 Å². The Labute approximate surface area is 177 Å². The Kier molecular flexibility index (Phi) is 5.57. The molecule has 1 amide bonds. The summed E-state index contributed by atoms with van der Waals surface area (Å²) in [6, 6.07) is 12.3. The van der Waals surface area contributed by atoms with Crippen LogP contribution in [0.3, 0.4) is 0 Å². The number of nitrogens with one attached hydrogen (secondary N) is 2. The van der Waals surface area contributed by atoms with E-state index in [4.69, 9.17) is 0 Å². The third-order valence-corrected chi connectivity index (χ3v) is 7.77. The number of rotatable bonds is 6. The van der Waals surface area contributed by atoms with Crippen LogP contribution in [0.5, 0.6) is 0 Å². The maximum Gasteiger partial charge on any atom is 0.264 e. The van der Waals surface area contributed by atoms with Gasteiger partial charge in [-0.2, -0.15) is 0 Å². The number of carbonyl (C=O) groups excluding carboxylic acids is 1. The normalized spacial score (nSPS) is 22.9. The van der Waals surface area contributed by atoms with Gasteiger partial charge in [0, 0.05) is 11.7 Å². The summed E-state index contributed by atoms with van der Waals surface area (Å²) in [6.45, 7) is 2.25. The zero-order valence-electron chi connectivity index (χ0n) is 17.0. The highest BCUT2D eigenvalue weighted by Gasteiger charge is 2.51. The number of carbonyl (C=O) groups is 1. The van der Waals surface area contributed by atoms with E-state index in [0.717, 1.165) is 56.1 Å². The van der Waals surface area contributed by atoms with Gasteiger partial charge in [-0.15, -0.1) is 0 Å². The highest BCUT2D eigenvalue weighted by atomic mass is 32.2. The van der Waals surface area contributed by atoms with E-state index in [1.54, 1.807) is 24.3 Å². The van der Waals surface area contributed by atoms with E-state index in [9.17, 15) is 17.6 Å². The Morgan fingerprint density at radius 3 is 2.23 bits per heavy atom. The molecule has 0 aromatic heterocycles. The second-order valence-corrected chi connectivity index (χ2v) is 10.3. The lowest BCUT2D eigenvalue weighted by Crippen LogP contribution is -2.43. The lowest BCUT2D eigenvalue weighted by atomic mass is 9.86. The lowest BCUT2D eigenvalue weighted by Gasteiger charge is -2.28. The van der Waals surface area contributed by atoms with E-state index in [-0.39, 0.29) is 11.9 Å². The molecule has 0 bridgehead atoms. The van der Waals surface area contributed by atoms with Gasteiger partial charge < -0.3 is 5.32 Å². The first-order valence-electron chi connectivity index (χ1n) is 10.5. The molecule has 0 heterocycles. The maximum absolute atomic E-state index is 13.9. The summed E-state index contributed by atoms with van der Waals surface area (Å²) in [7, 11) is -4.02. The Morgan fingerprint density at radius 2 is 1.63 bits per heavy atom. The fourth-order valence-electron chi connectivity index (χ4n) is 4.23. The molecule has 0 saturated heterocycles. The van der Waals surface area contributed by atoms with Crippen molar-refractivity contribution in [2.75, 3.05) is 4.72 Å². The summed E-state index contributed by atoms with van der Waals surface area (Å²) in [4.78, 5) is 12.6. The molecule has 2 aliphatic rings. The standard InChI is InChI=1S/C23H27FN2O3S/c1-16-6-10-18(11-7-16)25-22(27)23(14-15-23)17-8-12-19(13-9-17)26-30(28,29)21-5-3-2-4-20(21)24/h2-5,8-9,12-13,16,18,26H,6-7,10-11,14-15H2,1H3,(H,25,27). The van der Waals surface area contributed by atoms with E-state index >= 15 is 0 Å². The minimum atomic E-state index is -4.02. The van der Waals surface area contributed by atoms with Gasteiger partial charge in [0.05, 0.1) is 5.41 Å². The molecule has 2 fully saturated rings. The van der Waals surface area contributed by atoms with Crippen LogP contribution in [0.4, 0.5) is 10.1 Å². The molecule has 2 aromatic carbocycles. The Hall–Kier alpha value is -2.41. The highest BCUT2D eigenvalue weighted by Crippen LogP contribution is 2.49. The van der Waals surface area contributed by atoms with Crippen molar-refractivity contribution >= 4 is 21.6 Å². The van der Waals surface area contributed by atoms with E-state index < -0.39 is 26.2 Å². The van der Waals surface area contributed by atoms with Gasteiger partial charge in [-0.05, 0) is 74.3 Å². The largest absolute Gasteiger partial charge is 0.353 e.